The number of carbonyl (C=O) groups excluding carboxylic acids is 3. The second kappa shape index (κ2) is 8.86. The molecule has 9 heteroatoms. The standard InChI is InChI=1S/C18H20ClN3O4S/c1-11-2-3-12(8-13(11)19)20-15(23)9-14-18(25)21-16(27-14)10-17(24)22-4-6-26-7-5-22/h2-3,8,14H,4-7,9-10H2,1H3,(H,20,23)/t14-/m0/s1. The number of nitrogens with one attached hydrogen (secondary N) is 1. The molecule has 144 valence electrons. The van der Waals surface area contributed by atoms with E-state index in [1.807, 2.05) is 13.0 Å². The Bertz CT molecular complexity index is 793. The van der Waals surface area contributed by atoms with E-state index < -0.39 is 5.25 Å². The SMILES string of the molecule is Cc1ccc(NC(=O)C[C@@H]2SC(CC(=O)N3CCOCC3)=NC2=O)cc1Cl. The number of hydrogen-bond acceptors (Lipinski definition) is 5. The minimum absolute atomic E-state index is 0.00621. The first-order valence-corrected chi connectivity index (χ1v) is 9.88. The molecular weight excluding hydrogens is 390 g/mol. The number of amides is 3. The average Bonchev–Trinajstić information content (AvgIpc) is 2.97. The van der Waals surface area contributed by atoms with Gasteiger partial charge in [0.05, 0.1) is 24.7 Å². The highest BCUT2D eigenvalue weighted by Crippen LogP contribution is 2.28. The molecule has 0 aliphatic carbocycles. The summed E-state index contributed by atoms with van der Waals surface area (Å²) in [5.74, 6) is -0.740. The summed E-state index contributed by atoms with van der Waals surface area (Å²) >= 11 is 7.24. The number of carbonyl (C=O) groups is 3. The van der Waals surface area contributed by atoms with Gasteiger partial charge in [0.25, 0.3) is 5.91 Å². The Morgan fingerprint density at radius 3 is 2.81 bits per heavy atom. The van der Waals surface area contributed by atoms with Crippen molar-refractivity contribution in [3.05, 3.63) is 28.8 Å². The van der Waals surface area contributed by atoms with Gasteiger partial charge in [-0.1, -0.05) is 29.4 Å². The quantitative estimate of drug-likeness (QED) is 0.805. The molecule has 1 saturated heterocycles. The lowest BCUT2D eigenvalue weighted by Gasteiger charge is -2.26. The third kappa shape index (κ3) is 5.31. The number of anilines is 1. The number of aliphatic imine (C=N–C) groups is 1. The van der Waals surface area contributed by atoms with Crippen LogP contribution in [-0.4, -0.2) is 59.2 Å². The predicted molar refractivity (Wildman–Crippen MR) is 105 cm³/mol. The maximum atomic E-state index is 12.3. The molecule has 0 aromatic heterocycles. The molecule has 7 nitrogen and oxygen atoms in total. The number of thioether (sulfide) groups is 1. The fraction of sp³-hybridized carbons (Fsp3) is 0.444. The number of hydrogen-bond donors (Lipinski definition) is 1. The summed E-state index contributed by atoms with van der Waals surface area (Å²) in [6, 6.07) is 5.23. The van der Waals surface area contributed by atoms with E-state index in [0.29, 0.717) is 42.1 Å². The molecule has 0 spiro atoms. The zero-order valence-corrected chi connectivity index (χ0v) is 16.4. The van der Waals surface area contributed by atoms with Crippen molar-refractivity contribution in [3.63, 3.8) is 0 Å². The summed E-state index contributed by atoms with van der Waals surface area (Å²) < 4.78 is 5.22. The number of halogens is 1. The molecule has 1 fully saturated rings. The van der Waals surface area contributed by atoms with Gasteiger partial charge >= 0.3 is 0 Å². The van der Waals surface area contributed by atoms with E-state index in [0.717, 1.165) is 5.56 Å². The molecule has 0 bridgehead atoms. The number of rotatable bonds is 5. The monoisotopic (exact) mass is 409 g/mol. The highest BCUT2D eigenvalue weighted by molar-refractivity contribution is 8.15. The molecule has 0 radical (unpaired) electrons. The lowest BCUT2D eigenvalue weighted by Crippen LogP contribution is -2.41. The van der Waals surface area contributed by atoms with Gasteiger partial charge < -0.3 is 15.0 Å². The van der Waals surface area contributed by atoms with Gasteiger partial charge in [0, 0.05) is 30.2 Å². The number of morpholine rings is 1. The molecule has 2 heterocycles. The zero-order valence-electron chi connectivity index (χ0n) is 14.9. The largest absolute Gasteiger partial charge is 0.378 e. The Hall–Kier alpha value is -1.90. The molecule has 1 aromatic rings. The van der Waals surface area contributed by atoms with Crippen molar-refractivity contribution in [2.75, 3.05) is 31.6 Å². The fourth-order valence-corrected chi connectivity index (χ4v) is 4.00. The molecular formula is C18H20ClN3O4S. The minimum atomic E-state index is -0.599. The number of benzene rings is 1. The summed E-state index contributed by atoms with van der Waals surface area (Å²) in [5.41, 5.74) is 1.49. The maximum Gasteiger partial charge on any atom is 0.260 e. The summed E-state index contributed by atoms with van der Waals surface area (Å²) in [4.78, 5) is 42.2. The van der Waals surface area contributed by atoms with Crippen LogP contribution in [0, 0.1) is 6.92 Å². The first-order valence-electron chi connectivity index (χ1n) is 8.62. The van der Waals surface area contributed by atoms with Crippen LogP contribution in [0.2, 0.25) is 5.02 Å². The van der Waals surface area contributed by atoms with Crippen molar-refractivity contribution in [2.24, 2.45) is 4.99 Å². The van der Waals surface area contributed by atoms with Gasteiger partial charge in [0.15, 0.2) is 0 Å². The van der Waals surface area contributed by atoms with E-state index in [9.17, 15) is 14.4 Å². The summed E-state index contributed by atoms with van der Waals surface area (Å²) in [6.45, 7) is 4.02. The Morgan fingerprint density at radius 1 is 1.37 bits per heavy atom. The van der Waals surface area contributed by atoms with Gasteiger partial charge in [-0.25, -0.2) is 4.99 Å². The molecule has 1 aromatic carbocycles. The smallest absolute Gasteiger partial charge is 0.260 e. The molecule has 0 saturated carbocycles. The third-order valence-corrected chi connectivity index (χ3v) is 5.85. The normalized spacial score (nSPS) is 19.8. The van der Waals surface area contributed by atoms with Crippen molar-refractivity contribution in [1.82, 2.24) is 4.90 Å². The van der Waals surface area contributed by atoms with E-state index in [-0.39, 0.29) is 30.6 Å². The van der Waals surface area contributed by atoms with Crippen LogP contribution in [0.5, 0.6) is 0 Å². The number of aryl methyl sites for hydroxylation is 1. The van der Waals surface area contributed by atoms with Crippen LogP contribution in [0.4, 0.5) is 5.69 Å². The first-order chi connectivity index (χ1) is 12.9. The van der Waals surface area contributed by atoms with Gasteiger partial charge in [-0.2, -0.15) is 0 Å². The van der Waals surface area contributed by atoms with Gasteiger partial charge in [0.2, 0.25) is 11.8 Å². The molecule has 0 unspecified atom stereocenters. The Kier molecular flexibility index (Phi) is 6.51. The van der Waals surface area contributed by atoms with Crippen LogP contribution in [-0.2, 0) is 19.1 Å². The highest BCUT2D eigenvalue weighted by Gasteiger charge is 2.32. The molecule has 3 rings (SSSR count). The Labute approximate surface area is 166 Å². The van der Waals surface area contributed by atoms with Gasteiger partial charge in [-0.3, -0.25) is 14.4 Å². The minimum Gasteiger partial charge on any atom is -0.378 e. The summed E-state index contributed by atoms with van der Waals surface area (Å²) in [7, 11) is 0. The lowest BCUT2D eigenvalue weighted by atomic mass is 10.2. The average molecular weight is 410 g/mol. The topological polar surface area (TPSA) is 88.1 Å². The van der Waals surface area contributed by atoms with Crippen LogP contribution in [0.15, 0.2) is 23.2 Å². The zero-order chi connectivity index (χ0) is 19.4. The van der Waals surface area contributed by atoms with Gasteiger partial charge in [-0.15, -0.1) is 0 Å². The van der Waals surface area contributed by atoms with E-state index in [4.69, 9.17) is 16.3 Å². The van der Waals surface area contributed by atoms with Crippen LogP contribution in [0.25, 0.3) is 0 Å². The second-order valence-corrected chi connectivity index (χ2v) is 8.02. The fourth-order valence-electron chi connectivity index (χ4n) is 2.75. The van der Waals surface area contributed by atoms with Crippen LogP contribution >= 0.6 is 23.4 Å². The van der Waals surface area contributed by atoms with E-state index in [2.05, 4.69) is 10.3 Å². The summed E-state index contributed by atoms with van der Waals surface area (Å²) in [5, 5.41) is 3.16. The molecule has 3 amide bonds. The van der Waals surface area contributed by atoms with E-state index in [1.54, 1.807) is 17.0 Å². The van der Waals surface area contributed by atoms with Crippen molar-refractivity contribution >= 4 is 51.8 Å². The molecule has 1 N–H and O–H groups in total. The maximum absolute atomic E-state index is 12.3. The molecule has 27 heavy (non-hydrogen) atoms. The van der Waals surface area contributed by atoms with E-state index in [1.165, 1.54) is 11.8 Å². The van der Waals surface area contributed by atoms with Crippen LogP contribution in [0.1, 0.15) is 18.4 Å². The lowest BCUT2D eigenvalue weighted by molar-refractivity contribution is -0.133. The van der Waals surface area contributed by atoms with Crippen molar-refractivity contribution < 1.29 is 19.1 Å². The van der Waals surface area contributed by atoms with Crippen LogP contribution < -0.4 is 5.32 Å². The van der Waals surface area contributed by atoms with Crippen molar-refractivity contribution in [2.45, 2.75) is 25.0 Å². The van der Waals surface area contributed by atoms with Gasteiger partial charge in [0.1, 0.15) is 5.25 Å². The first kappa shape index (κ1) is 19.9. The summed E-state index contributed by atoms with van der Waals surface area (Å²) in [6.07, 6.45) is 0.0792. The van der Waals surface area contributed by atoms with Crippen molar-refractivity contribution in [1.29, 1.82) is 0 Å². The predicted octanol–water partition coefficient (Wildman–Crippen LogP) is 2.27. The third-order valence-electron chi connectivity index (χ3n) is 4.28. The number of nitrogens with zero attached hydrogens (tertiary/aromatic N) is 2. The van der Waals surface area contributed by atoms with Crippen LogP contribution in [0.3, 0.4) is 0 Å². The molecule has 2 aliphatic rings. The molecule has 2 aliphatic heterocycles. The highest BCUT2D eigenvalue weighted by atomic mass is 35.5. The van der Waals surface area contributed by atoms with Gasteiger partial charge in [-0.05, 0) is 24.6 Å². The Balaban J connectivity index is 1.50. The van der Waals surface area contributed by atoms with Crippen molar-refractivity contribution in [3.8, 4) is 0 Å². The van der Waals surface area contributed by atoms with E-state index >= 15 is 0 Å². The second-order valence-electron chi connectivity index (χ2n) is 6.34. The molecule has 1 atom stereocenters. The number of ether oxygens (including phenoxy) is 1. The Morgan fingerprint density at radius 2 is 2.11 bits per heavy atom.